The minimum atomic E-state index is -0.203. The van der Waals surface area contributed by atoms with Gasteiger partial charge in [-0.2, -0.15) is 0 Å². The van der Waals surface area contributed by atoms with Crippen LogP contribution in [0.1, 0.15) is 19.7 Å². The summed E-state index contributed by atoms with van der Waals surface area (Å²) in [5.74, 6) is 0.819. The molecule has 1 aromatic heterocycles. The van der Waals surface area contributed by atoms with Gasteiger partial charge >= 0.3 is 0 Å². The molecule has 0 aliphatic rings. The molecule has 0 bridgehead atoms. The molecule has 2 aromatic rings. The topological polar surface area (TPSA) is 29.9 Å². The molecular weight excluding hydrogens is 217 g/mol. The van der Waals surface area contributed by atoms with Crippen LogP contribution in [0.2, 0.25) is 0 Å². The van der Waals surface area contributed by atoms with Gasteiger partial charge in [-0.3, -0.25) is 0 Å². The van der Waals surface area contributed by atoms with Gasteiger partial charge in [0, 0.05) is 19.5 Å². The van der Waals surface area contributed by atoms with E-state index in [2.05, 4.69) is 28.7 Å². The van der Waals surface area contributed by atoms with E-state index in [0.29, 0.717) is 0 Å². The quantitative estimate of drug-likeness (QED) is 0.806. The van der Waals surface area contributed by atoms with Crippen molar-refractivity contribution in [2.75, 3.05) is 13.1 Å². The molecule has 4 heteroatoms. The van der Waals surface area contributed by atoms with Gasteiger partial charge in [-0.25, -0.2) is 9.37 Å². The Morgan fingerprint density at radius 3 is 2.88 bits per heavy atom. The van der Waals surface area contributed by atoms with Gasteiger partial charge in [0.15, 0.2) is 0 Å². The summed E-state index contributed by atoms with van der Waals surface area (Å²) >= 11 is 0. The van der Waals surface area contributed by atoms with E-state index >= 15 is 0 Å². The summed E-state index contributed by atoms with van der Waals surface area (Å²) in [4.78, 5) is 4.55. The van der Waals surface area contributed by atoms with E-state index in [4.69, 9.17) is 0 Å². The molecule has 0 fully saturated rings. The number of likely N-dealkylation sites (N-methyl/N-ethyl adjacent to an activating group) is 1. The highest BCUT2D eigenvalue weighted by molar-refractivity contribution is 5.76. The second kappa shape index (κ2) is 5.27. The highest BCUT2D eigenvalue weighted by Crippen LogP contribution is 2.17. The number of imidazole rings is 1. The largest absolute Gasteiger partial charge is 0.328 e. The third kappa shape index (κ3) is 2.47. The van der Waals surface area contributed by atoms with Crippen molar-refractivity contribution in [3.8, 4) is 0 Å². The van der Waals surface area contributed by atoms with Gasteiger partial charge < -0.3 is 9.88 Å². The van der Waals surface area contributed by atoms with E-state index in [1.54, 1.807) is 12.1 Å². The first-order chi connectivity index (χ1) is 8.26. The summed E-state index contributed by atoms with van der Waals surface area (Å²) in [6.45, 7) is 6.83. The van der Waals surface area contributed by atoms with Crippen molar-refractivity contribution in [1.82, 2.24) is 14.9 Å². The van der Waals surface area contributed by atoms with Crippen molar-refractivity contribution < 1.29 is 4.39 Å². The summed E-state index contributed by atoms with van der Waals surface area (Å²) < 4.78 is 15.3. The number of aryl methyl sites for hydroxylation is 1. The average molecular weight is 235 g/mol. The van der Waals surface area contributed by atoms with Crippen LogP contribution in [0.5, 0.6) is 0 Å². The summed E-state index contributed by atoms with van der Waals surface area (Å²) in [7, 11) is 0. The van der Waals surface area contributed by atoms with Crippen LogP contribution < -0.4 is 5.32 Å². The predicted molar refractivity (Wildman–Crippen MR) is 67.6 cm³/mol. The average Bonchev–Trinajstić information content (AvgIpc) is 2.66. The number of rotatable bonds is 5. The van der Waals surface area contributed by atoms with Crippen molar-refractivity contribution in [2.45, 2.75) is 26.8 Å². The number of fused-ring (bicyclic) bond motifs is 1. The molecule has 3 nitrogen and oxygen atoms in total. The van der Waals surface area contributed by atoms with E-state index in [-0.39, 0.29) is 5.82 Å². The molecule has 0 unspecified atom stereocenters. The normalized spacial score (nSPS) is 11.2. The van der Waals surface area contributed by atoms with Gasteiger partial charge in [0.2, 0.25) is 0 Å². The summed E-state index contributed by atoms with van der Waals surface area (Å²) in [5.41, 5.74) is 1.76. The summed E-state index contributed by atoms with van der Waals surface area (Å²) in [6, 6.07) is 4.76. The Morgan fingerprint density at radius 2 is 2.18 bits per heavy atom. The highest BCUT2D eigenvalue weighted by Gasteiger charge is 2.09. The first-order valence-corrected chi connectivity index (χ1v) is 6.11. The van der Waals surface area contributed by atoms with E-state index in [1.165, 1.54) is 6.07 Å². The molecule has 0 aliphatic carbocycles. The molecule has 92 valence electrons. The van der Waals surface area contributed by atoms with Gasteiger partial charge in [0.1, 0.15) is 11.6 Å². The third-order valence-electron chi connectivity index (χ3n) is 2.88. The molecule has 1 N–H and O–H groups in total. The molecule has 1 heterocycles. The van der Waals surface area contributed by atoms with Gasteiger partial charge in [-0.15, -0.1) is 0 Å². The van der Waals surface area contributed by atoms with E-state index in [9.17, 15) is 4.39 Å². The van der Waals surface area contributed by atoms with Crippen LogP contribution in [-0.4, -0.2) is 22.6 Å². The van der Waals surface area contributed by atoms with E-state index < -0.39 is 0 Å². The molecule has 1 aromatic carbocycles. The van der Waals surface area contributed by atoms with Crippen LogP contribution in [0, 0.1) is 5.82 Å². The molecule has 17 heavy (non-hydrogen) atoms. The lowest BCUT2D eigenvalue weighted by Gasteiger charge is -2.06. The lowest BCUT2D eigenvalue weighted by molar-refractivity contribution is 0.626. The number of halogens is 1. The fourth-order valence-electron chi connectivity index (χ4n) is 2.07. The molecule has 0 saturated carbocycles. The van der Waals surface area contributed by atoms with Crippen LogP contribution in [0.3, 0.4) is 0 Å². The molecule has 0 radical (unpaired) electrons. The minimum Gasteiger partial charge on any atom is -0.328 e. The smallest absolute Gasteiger partial charge is 0.125 e. The van der Waals surface area contributed by atoms with Gasteiger partial charge in [-0.05, 0) is 31.7 Å². The lowest BCUT2D eigenvalue weighted by Crippen LogP contribution is -2.18. The van der Waals surface area contributed by atoms with E-state index in [1.807, 2.05) is 0 Å². The number of aromatic nitrogens is 2. The number of hydrogen-bond acceptors (Lipinski definition) is 2. The van der Waals surface area contributed by atoms with Crippen LogP contribution in [0.15, 0.2) is 18.2 Å². The fraction of sp³-hybridized carbons (Fsp3) is 0.462. The van der Waals surface area contributed by atoms with Crippen LogP contribution in [-0.2, 0) is 13.0 Å². The molecule has 0 amide bonds. The lowest BCUT2D eigenvalue weighted by atomic mass is 10.3. The van der Waals surface area contributed by atoms with Crippen molar-refractivity contribution in [3.05, 3.63) is 29.8 Å². The standard InChI is InChI=1S/C13H18FN3/c1-3-15-8-7-13-16-11-6-5-10(14)9-12(11)17(13)4-2/h5-6,9,15H,3-4,7-8H2,1-2H3. The Balaban J connectivity index is 2.35. The molecule has 0 spiro atoms. The van der Waals surface area contributed by atoms with Crippen molar-refractivity contribution >= 4 is 11.0 Å². The number of hydrogen-bond donors (Lipinski definition) is 1. The maximum atomic E-state index is 13.2. The van der Waals surface area contributed by atoms with Crippen molar-refractivity contribution in [2.24, 2.45) is 0 Å². The molecule has 0 aliphatic heterocycles. The second-order valence-corrected chi connectivity index (χ2v) is 4.01. The van der Waals surface area contributed by atoms with Gasteiger partial charge in [0.25, 0.3) is 0 Å². The molecular formula is C13H18FN3. The fourth-order valence-corrected chi connectivity index (χ4v) is 2.07. The maximum Gasteiger partial charge on any atom is 0.125 e. The third-order valence-corrected chi connectivity index (χ3v) is 2.88. The predicted octanol–water partition coefficient (Wildman–Crippen LogP) is 2.35. The Kier molecular flexibility index (Phi) is 3.74. The van der Waals surface area contributed by atoms with Crippen LogP contribution in [0.4, 0.5) is 4.39 Å². The highest BCUT2D eigenvalue weighted by atomic mass is 19.1. The second-order valence-electron chi connectivity index (χ2n) is 4.01. The molecule has 2 rings (SSSR count). The zero-order chi connectivity index (χ0) is 12.3. The van der Waals surface area contributed by atoms with Crippen LogP contribution in [0.25, 0.3) is 11.0 Å². The maximum absolute atomic E-state index is 13.2. The number of nitrogens with zero attached hydrogens (tertiary/aromatic N) is 2. The first-order valence-electron chi connectivity index (χ1n) is 6.11. The molecule has 0 atom stereocenters. The zero-order valence-corrected chi connectivity index (χ0v) is 10.3. The summed E-state index contributed by atoms with van der Waals surface area (Å²) in [5, 5.41) is 3.28. The molecule has 0 saturated heterocycles. The summed E-state index contributed by atoms with van der Waals surface area (Å²) in [6.07, 6.45) is 0.873. The van der Waals surface area contributed by atoms with E-state index in [0.717, 1.165) is 42.9 Å². The van der Waals surface area contributed by atoms with Crippen molar-refractivity contribution in [1.29, 1.82) is 0 Å². The SMILES string of the molecule is CCNCCc1nc2ccc(F)cc2n1CC. The Labute approximate surface area is 101 Å². The Bertz CT molecular complexity index is 505. The van der Waals surface area contributed by atoms with Gasteiger partial charge in [-0.1, -0.05) is 6.92 Å². The number of nitrogens with one attached hydrogen (secondary N) is 1. The van der Waals surface area contributed by atoms with Gasteiger partial charge in [0.05, 0.1) is 11.0 Å². The minimum absolute atomic E-state index is 0.203. The zero-order valence-electron chi connectivity index (χ0n) is 10.3. The number of benzene rings is 1. The van der Waals surface area contributed by atoms with Crippen LogP contribution >= 0.6 is 0 Å². The Hall–Kier alpha value is -1.42. The monoisotopic (exact) mass is 235 g/mol. The Morgan fingerprint density at radius 1 is 1.35 bits per heavy atom. The first kappa shape index (κ1) is 12.0. The van der Waals surface area contributed by atoms with Crippen molar-refractivity contribution in [3.63, 3.8) is 0 Å².